The van der Waals surface area contributed by atoms with Crippen LogP contribution in [-0.2, 0) is 25.6 Å². The Morgan fingerprint density at radius 3 is 2.47 bits per heavy atom. The van der Waals surface area contributed by atoms with Crippen molar-refractivity contribution < 1.29 is 34.5 Å². The molecule has 164 valence electrons. The van der Waals surface area contributed by atoms with Crippen LogP contribution in [0.2, 0.25) is 0 Å². The molecule has 3 amide bonds. The Labute approximate surface area is 172 Å². The topological polar surface area (TPSA) is 182 Å². The maximum absolute atomic E-state index is 13.2. The molecule has 3 atom stereocenters. The SMILES string of the molecule is NC(CO)C(=O)NC(Cc1ccc(O)cc1)C(=O)N1CCCC1C(=O)NCC(=O)O. The van der Waals surface area contributed by atoms with Gasteiger partial charge in [-0.15, -0.1) is 0 Å². The Morgan fingerprint density at radius 2 is 1.87 bits per heavy atom. The molecule has 30 heavy (non-hydrogen) atoms. The van der Waals surface area contributed by atoms with E-state index in [1.165, 1.54) is 17.0 Å². The van der Waals surface area contributed by atoms with Crippen molar-refractivity contribution in [3.63, 3.8) is 0 Å². The van der Waals surface area contributed by atoms with E-state index in [1.54, 1.807) is 12.1 Å². The van der Waals surface area contributed by atoms with E-state index in [0.29, 0.717) is 18.4 Å². The quantitative estimate of drug-likeness (QED) is 0.262. The molecule has 0 bridgehead atoms. The van der Waals surface area contributed by atoms with Crippen molar-refractivity contribution >= 4 is 23.7 Å². The number of amides is 3. The normalized spacial score (nSPS) is 17.8. The molecular formula is C19H26N4O7. The number of phenols is 1. The number of aliphatic hydroxyl groups is 1. The van der Waals surface area contributed by atoms with E-state index < -0.39 is 55.0 Å². The summed E-state index contributed by atoms with van der Waals surface area (Å²) in [5, 5.41) is 32.0. The molecule has 11 nitrogen and oxygen atoms in total. The highest BCUT2D eigenvalue weighted by Crippen LogP contribution is 2.20. The van der Waals surface area contributed by atoms with Gasteiger partial charge in [-0.2, -0.15) is 0 Å². The van der Waals surface area contributed by atoms with E-state index in [9.17, 15) is 24.3 Å². The van der Waals surface area contributed by atoms with Crippen LogP contribution in [0.25, 0.3) is 0 Å². The van der Waals surface area contributed by atoms with E-state index in [4.69, 9.17) is 15.9 Å². The van der Waals surface area contributed by atoms with Crippen LogP contribution >= 0.6 is 0 Å². The molecule has 3 unspecified atom stereocenters. The number of carbonyl (C=O) groups excluding carboxylic acids is 3. The predicted octanol–water partition coefficient (Wildman–Crippen LogP) is -2.07. The van der Waals surface area contributed by atoms with Crippen LogP contribution in [0, 0.1) is 0 Å². The molecule has 0 aliphatic carbocycles. The summed E-state index contributed by atoms with van der Waals surface area (Å²) in [7, 11) is 0. The van der Waals surface area contributed by atoms with Crippen LogP contribution in [0.3, 0.4) is 0 Å². The lowest BCUT2D eigenvalue weighted by atomic mass is 10.0. The number of rotatable bonds is 9. The number of likely N-dealkylation sites (tertiary alicyclic amines) is 1. The highest BCUT2D eigenvalue weighted by molar-refractivity contribution is 5.94. The third kappa shape index (κ3) is 6.16. The molecule has 1 aromatic rings. The van der Waals surface area contributed by atoms with Gasteiger partial charge in [-0.25, -0.2) is 0 Å². The highest BCUT2D eigenvalue weighted by Gasteiger charge is 2.38. The highest BCUT2D eigenvalue weighted by atomic mass is 16.4. The number of hydrogen-bond donors (Lipinski definition) is 6. The van der Waals surface area contributed by atoms with Crippen molar-refractivity contribution in [2.45, 2.75) is 37.4 Å². The first kappa shape index (κ1) is 23.1. The molecule has 0 saturated carbocycles. The number of aliphatic carboxylic acids is 1. The summed E-state index contributed by atoms with van der Waals surface area (Å²) in [6.07, 6.45) is 0.989. The number of carbonyl (C=O) groups is 4. The first-order chi connectivity index (χ1) is 14.2. The molecular weight excluding hydrogens is 396 g/mol. The van der Waals surface area contributed by atoms with Crippen LogP contribution in [0.15, 0.2) is 24.3 Å². The molecule has 0 aromatic heterocycles. The number of phenolic OH excluding ortho intramolecular Hbond substituents is 1. The fourth-order valence-corrected chi connectivity index (χ4v) is 3.21. The van der Waals surface area contributed by atoms with Crippen molar-refractivity contribution in [2.24, 2.45) is 5.73 Å². The molecule has 2 rings (SSSR count). The summed E-state index contributed by atoms with van der Waals surface area (Å²) < 4.78 is 0. The maximum Gasteiger partial charge on any atom is 0.322 e. The molecule has 1 aliphatic heterocycles. The number of benzene rings is 1. The van der Waals surface area contributed by atoms with Gasteiger partial charge in [-0.3, -0.25) is 19.2 Å². The van der Waals surface area contributed by atoms with Gasteiger partial charge in [-0.05, 0) is 30.5 Å². The summed E-state index contributed by atoms with van der Waals surface area (Å²) >= 11 is 0. The Balaban J connectivity index is 2.19. The number of carboxylic acid groups (broad SMARTS) is 1. The lowest BCUT2D eigenvalue weighted by molar-refractivity contribution is -0.143. The fourth-order valence-electron chi connectivity index (χ4n) is 3.21. The van der Waals surface area contributed by atoms with E-state index in [0.717, 1.165) is 0 Å². The van der Waals surface area contributed by atoms with E-state index in [-0.39, 0.29) is 18.7 Å². The number of aliphatic hydroxyl groups excluding tert-OH is 1. The standard InChI is InChI=1S/C19H26N4O7/c20-13(10-24)17(28)22-14(8-11-3-5-12(25)6-4-11)19(30)23-7-1-2-15(23)18(29)21-9-16(26)27/h3-6,13-15,24-25H,1-2,7-10,20H2,(H,21,29)(H,22,28)(H,26,27). The number of carboxylic acids is 1. The summed E-state index contributed by atoms with van der Waals surface area (Å²) in [4.78, 5) is 49.7. The lowest BCUT2D eigenvalue weighted by Gasteiger charge is -2.29. The molecule has 0 radical (unpaired) electrons. The molecule has 1 aliphatic rings. The molecule has 1 saturated heterocycles. The second-order valence-electron chi connectivity index (χ2n) is 7.02. The molecule has 1 heterocycles. The van der Waals surface area contributed by atoms with Crippen molar-refractivity contribution in [1.82, 2.24) is 15.5 Å². The molecule has 1 fully saturated rings. The average Bonchev–Trinajstić information content (AvgIpc) is 3.21. The van der Waals surface area contributed by atoms with Crippen LogP contribution in [0.5, 0.6) is 5.75 Å². The Bertz CT molecular complexity index is 784. The second-order valence-corrected chi connectivity index (χ2v) is 7.02. The van der Waals surface area contributed by atoms with Crippen molar-refractivity contribution in [2.75, 3.05) is 19.7 Å². The maximum atomic E-state index is 13.2. The third-order valence-corrected chi connectivity index (χ3v) is 4.78. The van der Waals surface area contributed by atoms with E-state index in [1.807, 2.05) is 0 Å². The van der Waals surface area contributed by atoms with Crippen LogP contribution in [0.1, 0.15) is 18.4 Å². The van der Waals surface area contributed by atoms with Crippen molar-refractivity contribution in [1.29, 1.82) is 0 Å². The number of nitrogens with one attached hydrogen (secondary N) is 2. The number of aromatic hydroxyl groups is 1. The fraction of sp³-hybridized carbons (Fsp3) is 0.474. The largest absolute Gasteiger partial charge is 0.508 e. The lowest BCUT2D eigenvalue weighted by Crippen LogP contribution is -2.57. The number of hydrogen-bond acceptors (Lipinski definition) is 7. The number of nitrogens with zero attached hydrogens (tertiary/aromatic N) is 1. The minimum absolute atomic E-state index is 0.0441. The zero-order chi connectivity index (χ0) is 22.3. The van der Waals surface area contributed by atoms with Crippen LogP contribution in [-0.4, -0.2) is 81.7 Å². The zero-order valence-corrected chi connectivity index (χ0v) is 16.3. The summed E-state index contributed by atoms with van der Waals surface area (Å²) in [5.74, 6) is -2.97. The molecule has 1 aromatic carbocycles. The number of nitrogens with two attached hydrogens (primary N) is 1. The summed E-state index contributed by atoms with van der Waals surface area (Å²) in [5.41, 5.74) is 6.18. The van der Waals surface area contributed by atoms with Crippen LogP contribution < -0.4 is 16.4 Å². The Morgan fingerprint density at radius 1 is 1.20 bits per heavy atom. The Hall–Kier alpha value is -3.18. The smallest absolute Gasteiger partial charge is 0.322 e. The summed E-state index contributed by atoms with van der Waals surface area (Å²) in [6, 6.07) is 2.94. The van der Waals surface area contributed by atoms with Crippen molar-refractivity contribution in [3.8, 4) is 5.75 Å². The van der Waals surface area contributed by atoms with Gasteiger partial charge in [0.25, 0.3) is 0 Å². The first-order valence-corrected chi connectivity index (χ1v) is 9.47. The average molecular weight is 422 g/mol. The van der Waals surface area contributed by atoms with Crippen molar-refractivity contribution in [3.05, 3.63) is 29.8 Å². The van der Waals surface area contributed by atoms with Gasteiger partial charge < -0.3 is 36.6 Å². The minimum atomic E-state index is -1.21. The van der Waals surface area contributed by atoms with Gasteiger partial charge in [-0.1, -0.05) is 12.1 Å². The summed E-state index contributed by atoms with van der Waals surface area (Å²) in [6.45, 7) is -0.885. The van der Waals surface area contributed by atoms with Crippen LogP contribution in [0.4, 0.5) is 0 Å². The molecule has 0 spiro atoms. The van der Waals surface area contributed by atoms with Gasteiger partial charge in [0, 0.05) is 13.0 Å². The van der Waals surface area contributed by atoms with Gasteiger partial charge in [0.05, 0.1) is 6.61 Å². The zero-order valence-electron chi connectivity index (χ0n) is 16.3. The predicted molar refractivity (Wildman–Crippen MR) is 104 cm³/mol. The van der Waals surface area contributed by atoms with Gasteiger partial charge in [0.15, 0.2) is 0 Å². The monoisotopic (exact) mass is 422 g/mol. The third-order valence-electron chi connectivity index (χ3n) is 4.78. The first-order valence-electron chi connectivity index (χ1n) is 9.47. The molecule has 7 N–H and O–H groups in total. The van der Waals surface area contributed by atoms with E-state index in [2.05, 4.69) is 10.6 Å². The van der Waals surface area contributed by atoms with E-state index >= 15 is 0 Å². The molecule has 11 heteroatoms. The minimum Gasteiger partial charge on any atom is -0.508 e. The Kier molecular flexibility index (Phi) is 8.13. The van der Waals surface area contributed by atoms with Gasteiger partial charge in [0.1, 0.15) is 30.4 Å². The van der Waals surface area contributed by atoms with Gasteiger partial charge >= 0.3 is 5.97 Å². The van der Waals surface area contributed by atoms with Gasteiger partial charge in [0.2, 0.25) is 17.7 Å². The second kappa shape index (κ2) is 10.6.